The van der Waals surface area contributed by atoms with Crippen LogP contribution < -0.4 is 9.62 Å². The lowest BCUT2D eigenvalue weighted by Crippen LogP contribution is -2.29. The number of nitrogens with one attached hydrogen (secondary N) is 1. The van der Waals surface area contributed by atoms with E-state index >= 15 is 0 Å². The molecule has 3 aromatic carbocycles. The molecule has 0 radical (unpaired) electrons. The molecule has 30 heavy (non-hydrogen) atoms. The molecule has 1 N–H and O–H groups in total. The normalized spacial score (nSPS) is 12.3. The molecular weight excluding hydrogens is 403 g/mol. The first-order valence-corrected chi connectivity index (χ1v) is 10.8. The van der Waals surface area contributed by atoms with Crippen LogP contribution in [0.25, 0.3) is 0 Å². The molecule has 0 aliphatic carbocycles. The maximum absolute atomic E-state index is 14.1. The van der Waals surface area contributed by atoms with Gasteiger partial charge in [0, 0.05) is 12.6 Å². The molecule has 3 aromatic rings. The van der Waals surface area contributed by atoms with Crippen LogP contribution in [0.2, 0.25) is 0 Å². The van der Waals surface area contributed by atoms with Crippen LogP contribution in [-0.4, -0.2) is 21.4 Å². The Kier molecular flexibility index (Phi) is 6.22. The van der Waals surface area contributed by atoms with Crippen LogP contribution in [0.4, 0.5) is 10.1 Å². The van der Waals surface area contributed by atoms with Gasteiger partial charge in [-0.15, -0.1) is 0 Å². The molecule has 0 saturated heterocycles. The number of anilines is 1. The van der Waals surface area contributed by atoms with Crippen molar-refractivity contribution in [2.45, 2.75) is 24.8 Å². The molecule has 1 atom stereocenters. The molecule has 0 fully saturated rings. The summed E-state index contributed by atoms with van der Waals surface area (Å²) >= 11 is 0. The summed E-state index contributed by atoms with van der Waals surface area (Å²) in [6.45, 7) is 3.84. The standard InChI is InChI=1S/C23H23FN2O3S/c1-16-11-13-18(14-12-16)17(2)25-23(27)19-7-6-8-20(15-19)30(28,29)26(3)22-10-5-4-9-21(22)24/h4-15,17H,1-3H3,(H,25,27)/t17-/m1/s1. The summed E-state index contributed by atoms with van der Waals surface area (Å²) in [5.41, 5.74) is 2.20. The Balaban J connectivity index is 1.83. The van der Waals surface area contributed by atoms with Gasteiger partial charge in [-0.25, -0.2) is 12.8 Å². The smallest absolute Gasteiger partial charge is 0.264 e. The van der Waals surface area contributed by atoms with Crippen LogP contribution in [0.5, 0.6) is 0 Å². The number of aryl methyl sites for hydroxylation is 1. The fraction of sp³-hybridized carbons (Fsp3) is 0.174. The molecule has 0 aliphatic rings. The Morgan fingerprint density at radius 1 is 1.00 bits per heavy atom. The van der Waals surface area contributed by atoms with E-state index < -0.39 is 21.7 Å². The van der Waals surface area contributed by atoms with E-state index in [2.05, 4.69) is 5.32 Å². The Morgan fingerprint density at radius 2 is 1.67 bits per heavy atom. The summed E-state index contributed by atoms with van der Waals surface area (Å²) in [4.78, 5) is 12.6. The SMILES string of the molecule is Cc1ccc([C@@H](C)NC(=O)c2cccc(S(=O)(=O)N(C)c3ccccc3F)c2)cc1. The van der Waals surface area contributed by atoms with Crippen LogP contribution >= 0.6 is 0 Å². The second-order valence-corrected chi connectivity index (χ2v) is 9.03. The van der Waals surface area contributed by atoms with Crippen molar-refractivity contribution in [3.05, 3.63) is 95.3 Å². The number of hydrogen-bond acceptors (Lipinski definition) is 3. The molecule has 156 valence electrons. The third-order valence-corrected chi connectivity index (χ3v) is 6.64. The summed E-state index contributed by atoms with van der Waals surface area (Å²) in [6, 6.07) is 18.9. The number of sulfonamides is 1. The topological polar surface area (TPSA) is 66.5 Å². The van der Waals surface area contributed by atoms with Crippen molar-refractivity contribution in [1.82, 2.24) is 5.32 Å². The van der Waals surface area contributed by atoms with Crippen LogP contribution in [0.1, 0.15) is 34.5 Å². The molecule has 0 saturated carbocycles. The highest BCUT2D eigenvalue weighted by molar-refractivity contribution is 7.92. The molecule has 0 aliphatic heterocycles. The van der Waals surface area contributed by atoms with E-state index in [9.17, 15) is 17.6 Å². The third kappa shape index (κ3) is 4.52. The summed E-state index contributed by atoms with van der Waals surface area (Å²) in [5.74, 6) is -1.04. The number of benzene rings is 3. The minimum absolute atomic E-state index is 0.0691. The van der Waals surface area contributed by atoms with Crippen molar-refractivity contribution in [1.29, 1.82) is 0 Å². The Hall–Kier alpha value is -3.19. The van der Waals surface area contributed by atoms with Crippen LogP contribution in [0.15, 0.2) is 77.7 Å². The lowest BCUT2D eigenvalue weighted by molar-refractivity contribution is 0.0939. The summed E-state index contributed by atoms with van der Waals surface area (Å²) in [6.07, 6.45) is 0. The van der Waals surface area contributed by atoms with E-state index in [4.69, 9.17) is 0 Å². The number of carbonyl (C=O) groups is 1. The summed E-state index contributed by atoms with van der Waals surface area (Å²) in [5, 5.41) is 2.87. The molecule has 0 spiro atoms. The average Bonchev–Trinajstić information content (AvgIpc) is 2.74. The third-order valence-electron chi connectivity index (χ3n) is 4.87. The number of rotatable bonds is 6. The second-order valence-electron chi connectivity index (χ2n) is 7.06. The van der Waals surface area contributed by atoms with Crippen molar-refractivity contribution in [2.75, 3.05) is 11.4 Å². The first-order valence-electron chi connectivity index (χ1n) is 9.41. The van der Waals surface area contributed by atoms with E-state index in [1.54, 1.807) is 12.1 Å². The van der Waals surface area contributed by atoms with Gasteiger partial charge in [0.25, 0.3) is 15.9 Å². The lowest BCUT2D eigenvalue weighted by Gasteiger charge is -2.20. The molecule has 5 nitrogen and oxygen atoms in total. The highest BCUT2D eigenvalue weighted by atomic mass is 32.2. The number of amides is 1. The maximum atomic E-state index is 14.1. The molecule has 0 unspecified atom stereocenters. The molecular formula is C23H23FN2O3S. The zero-order chi connectivity index (χ0) is 21.9. The van der Waals surface area contributed by atoms with Crippen molar-refractivity contribution >= 4 is 21.6 Å². The maximum Gasteiger partial charge on any atom is 0.264 e. The van der Waals surface area contributed by atoms with E-state index in [0.717, 1.165) is 15.4 Å². The molecule has 0 heterocycles. The Labute approximate surface area is 176 Å². The summed E-state index contributed by atoms with van der Waals surface area (Å²) < 4.78 is 40.8. The second kappa shape index (κ2) is 8.67. The van der Waals surface area contributed by atoms with Gasteiger partial charge in [-0.1, -0.05) is 48.0 Å². The van der Waals surface area contributed by atoms with Crippen LogP contribution in [0.3, 0.4) is 0 Å². The zero-order valence-electron chi connectivity index (χ0n) is 17.0. The highest BCUT2D eigenvalue weighted by Gasteiger charge is 2.24. The van der Waals surface area contributed by atoms with Gasteiger partial charge < -0.3 is 5.32 Å². The minimum Gasteiger partial charge on any atom is -0.346 e. The van der Waals surface area contributed by atoms with E-state index in [-0.39, 0.29) is 22.2 Å². The largest absolute Gasteiger partial charge is 0.346 e. The molecule has 0 aromatic heterocycles. The van der Waals surface area contributed by atoms with Gasteiger partial charge in [-0.2, -0.15) is 0 Å². The fourth-order valence-corrected chi connectivity index (χ4v) is 4.26. The van der Waals surface area contributed by atoms with Gasteiger partial charge in [-0.05, 0) is 49.7 Å². The minimum atomic E-state index is -4.04. The highest BCUT2D eigenvalue weighted by Crippen LogP contribution is 2.25. The van der Waals surface area contributed by atoms with E-state index in [0.29, 0.717) is 0 Å². The predicted octanol–water partition coefficient (Wildman–Crippen LogP) is 4.45. The number of hydrogen-bond donors (Lipinski definition) is 1. The van der Waals surface area contributed by atoms with Crippen molar-refractivity contribution in [3.8, 4) is 0 Å². The monoisotopic (exact) mass is 426 g/mol. The van der Waals surface area contributed by atoms with Gasteiger partial charge in [0.2, 0.25) is 0 Å². The first kappa shape index (κ1) is 21.5. The van der Waals surface area contributed by atoms with Crippen molar-refractivity contribution in [2.24, 2.45) is 0 Å². The number of halogens is 1. The molecule has 1 amide bonds. The van der Waals surface area contributed by atoms with Crippen molar-refractivity contribution in [3.63, 3.8) is 0 Å². The molecule has 7 heteroatoms. The van der Waals surface area contributed by atoms with E-state index in [1.165, 1.54) is 43.4 Å². The quantitative estimate of drug-likeness (QED) is 0.633. The average molecular weight is 427 g/mol. The number of nitrogens with zero attached hydrogens (tertiary/aromatic N) is 1. The van der Waals surface area contributed by atoms with Gasteiger partial charge in [0.1, 0.15) is 5.82 Å². The van der Waals surface area contributed by atoms with Crippen molar-refractivity contribution < 1.29 is 17.6 Å². The first-order chi connectivity index (χ1) is 14.2. The van der Waals surface area contributed by atoms with Gasteiger partial charge in [-0.3, -0.25) is 9.10 Å². The lowest BCUT2D eigenvalue weighted by atomic mass is 10.1. The molecule has 0 bridgehead atoms. The Bertz CT molecular complexity index is 1160. The zero-order valence-corrected chi connectivity index (χ0v) is 17.8. The van der Waals surface area contributed by atoms with Gasteiger partial charge >= 0.3 is 0 Å². The number of carbonyl (C=O) groups excluding carboxylic acids is 1. The molecule has 3 rings (SSSR count). The summed E-state index contributed by atoms with van der Waals surface area (Å²) in [7, 11) is -2.76. The van der Waals surface area contributed by atoms with Gasteiger partial charge in [0.15, 0.2) is 0 Å². The number of para-hydroxylation sites is 1. The fourth-order valence-electron chi connectivity index (χ4n) is 3.01. The van der Waals surface area contributed by atoms with Crippen LogP contribution in [0, 0.1) is 12.7 Å². The van der Waals surface area contributed by atoms with E-state index in [1.807, 2.05) is 38.1 Å². The predicted molar refractivity (Wildman–Crippen MR) is 115 cm³/mol. The van der Waals surface area contributed by atoms with Gasteiger partial charge in [0.05, 0.1) is 16.6 Å². The van der Waals surface area contributed by atoms with Crippen LogP contribution in [-0.2, 0) is 10.0 Å². The Morgan fingerprint density at radius 3 is 2.33 bits per heavy atom.